The third kappa shape index (κ3) is 4.68. The van der Waals surface area contributed by atoms with E-state index in [4.69, 9.17) is 0 Å². The third-order valence-electron chi connectivity index (χ3n) is 8.51. The maximum atomic E-state index is 2.64. The topological polar surface area (TPSA) is 3.24 Å². The molecular weight excluding hydrogens is 482 g/mol. The number of anilines is 2. The monoisotopic (exact) mass is 529 g/mol. The molecule has 0 radical (unpaired) electrons. The summed E-state index contributed by atoms with van der Waals surface area (Å²) in [6, 6.07) is 31.7. The maximum absolute atomic E-state index is 2.64. The molecule has 0 saturated carbocycles. The van der Waals surface area contributed by atoms with Crippen molar-refractivity contribution in [3.63, 3.8) is 0 Å². The summed E-state index contributed by atoms with van der Waals surface area (Å²) in [6.07, 6.45) is 0. The van der Waals surface area contributed by atoms with Gasteiger partial charge in [0.2, 0.25) is 0 Å². The Morgan fingerprint density at radius 2 is 1.18 bits per heavy atom. The van der Waals surface area contributed by atoms with Gasteiger partial charge in [0.05, 0.1) is 0 Å². The van der Waals surface area contributed by atoms with E-state index in [0.29, 0.717) is 0 Å². The van der Waals surface area contributed by atoms with Gasteiger partial charge in [-0.25, -0.2) is 0 Å². The predicted octanol–water partition coefficient (Wildman–Crippen LogP) is 11.2. The van der Waals surface area contributed by atoms with Crippen LogP contribution in [0.5, 0.6) is 0 Å². The summed E-state index contributed by atoms with van der Waals surface area (Å²) in [4.78, 5) is 2.64. The molecule has 1 aliphatic carbocycles. The molecule has 1 aliphatic rings. The number of nitrogens with zero attached hydrogens (tertiary/aromatic N) is 1. The Morgan fingerprint density at radius 1 is 0.550 bits per heavy atom. The summed E-state index contributed by atoms with van der Waals surface area (Å²) in [5.41, 5.74) is 13.3. The van der Waals surface area contributed by atoms with E-state index in [0.717, 1.165) is 0 Å². The van der Waals surface area contributed by atoms with Crippen molar-refractivity contribution in [2.45, 2.75) is 97.9 Å². The highest BCUT2D eigenvalue weighted by atomic mass is 15.2. The number of hydrogen-bond donors (Lipinski definition) is 0. The van der Waals surface area contributed by atoms with Gasteiger partial charge in [0, 0.05) is 22.3 Å². The molecule has 4 aromatic carbocycles. The zero-order valence-electron chi connectivity index (χ0n) is 26.5. The van der Waals surface area contributed by atoms with E-state index in [9.17, 15) is 0 Å². The Balaban J connectivity index is 1.87. The predicted molar refractivity (Wildman–Crippen MR) is 175 cm³/mol. The minimum Gasteiger partial charge on any atom is -0.336 e. The molecule has 40 heavy (non-hydrogen) atoms. The summed E-state index contributed by atoms with van der Waals surface area (Å²) < 4.78 is 0. The van der Waals surface area contributed by atoms with E-state index < -0.39 is 0 Å². The van der Waals surface area contributed by atoms with E-state index in [1.54, 1.807) is 0 Å². The van der Waals surface area contributed by atoms with Crippen molar-refractivity contribution in [1.82, 2.24) is 0 Å². The van der Waals surface area contributed by atoms with Gasteiger partial charge in [0.1, 0.15) is 0 Å². The van der Waals surface area contributed by atoms with Crippen molar-refractivity contribution in [2.24, 2.45) is 0 Å². The molecule has 0 aromatic heterocycles. The van der Waals surface area contributed by atoms with Crippen LogP contribution in [-0.2, 0) is 16.2 Å². The first-order valence-corrected chi connectivity index (χ1v) is 14.8. The van der Waals surface area contributed by atoms with E-state index in [1.165, 1.54) is 55.9 Å². The van der Waals surface area contributed by atoms with Crippen LogP contribution in [0.25, 0.3) is 22.3 Å². The second kappa shape index (κ2) is 9.37. The fourth-order valence-corrected chi connectivity index (χ4v) is 6.82. The lowest BCUT2D eigenvalue weighted by molar-refractivity contribution is 0.524. The molecule has 0 fully saturated rings. The highest BCUT2D eigenvalue weighted by molar-refractivity contribution is 5.88. The molecule has 0 heterocycles. The molecule has 1 heteroatoms. The van der Waals surface area contributed by atoms with Crippen molar-refractivity contribution in [1.29, 1.82) is 0 Å². The van der Waals surface area contributed by atoms with Crippen molar-refractivity contribution in [2.75, 3.05) is 4.90 Å². The molecule has 1 nitrogen and oxygen atoms in total. The van der Waals surface area contributed by atoms with Crippen LogP contribution in [0.15, 0.2) is 84.9 Å². The molecule has 0 aliphatic heterocycles. The van der Waals surface area contributed by atoms with Crippen LogP contribution in [0.2, 0.25) is 0 Å². The minimum absolute atomic E-state index is 0.0117. The summed E-state index contributed by atoms with van der Waals surface area (Å²) >= 11 is 0. The Bertz CT molecular complexity index is 1550. The van der Waals surface area contributed by atoms with Gasteiger partial charge in [-0.3, -0.25) is 0 Å². The van der Waals surface area contributed by atoms with Crippen molar-refractivity contribution >= 4 is 11.4 Å². The number of hydrogen-bond acceptors (Lipinski definition) is 1. The van der Waals surface area contributed by atoms with Crippen molar-refractivity contribution < 1.29 is 0 Å². The summed E-state index contributed by atoms with van der Waals surface area (Å²) in [7, 11) is 0. The van der Waals surface area contributed by atoms with Crippen LogP contribution < -0.4 is 4.90 Å². The maximum Gasteiger partial charge on any atom is 0.0459 e. The molecule has 0 amide bonds. The van der Waals surface area contributed by atoms with Crippen LogP contribution in [0, 0.1) is 0 Å². The Hall–Kier alpha value is -3.32. The lowest BCUT2D eigenvalue weighted by Gasteiger charge is -2.44. The van der Waals surface area contributed by atoms with Crippen LogP contribution >= 0.6 is 0 Å². The molecular formula is C39H47N. The molecule has 208 valence electrons. The van der Waals surface area contributed by atoms with Gasteiger partial charge >= 0.3 is 0 Å². The Kier molecular flexibility index (Phi) is 6.61. The average molecular weight is 530 g/mol. The lowest BCUT2D eigenvalue weighted by Crippen LogP contribution is -2.41. The van der Waals surface area contributed by atoms with Gasteiger partial charge in [-0.15, -0.1) is 0 Å². The molecule has 0 saturated heterocycles. The molecule has 0 N–H and O–H groups in total. The second-order valence-electron chi connectivity index (χ2n) is 15.2. The number of benzene rings is 4. The van der Waals surface area contributed by atoms with E-state index in [2.05, 4.69) is 166 Å². The Morgan fingerprint density at radius 3 is 1.77 bits per heavy atom. The SMILES string of the molecule is CC(C)(C)c1ccc(-c2ccccc2)cc1N(c1ccc2c(c1C(C)(C)C)C(C)(C)c1ccccc1-2)C(C)(C)C. The fourth-order valence-electron chi connectivity index (χ4n) is 6.82. The highest BCUT2D eigenvalue weighted by Crippen LogP contribution is 2.56. The molecule has 0 spiro atoms. The zero-order chi connectivity index (χ0) is 29.3. The Labute approximate surface area is 243 Å². The normalized spacial score (nSPS) is 14.6. The van der Waals surface area contributed by atoms with Gasteiger partial charge in [-0.2, -0.15) is 0 Å². The summed E-state index contributed by atoms with van der Waals surface area (Å²) in [5.74, 6) is 0. The van der Waals surface area contributed by atoms with E-state index in [1.807, 2.05) is 0 Å². The molecule has 0 atom stereocenters. The molecule has 4 aromatic rings. The van der Waals surface area contributed by atoms with Gasteiger partial charge in [-0.05, 0) is 88.2 Å². The van der Waals surface area contributed by atoms with Crippen LogP contribution in [0.4, 0.5) is 11.4 Å². The van der Waals surface area contributed by atoms with E-state index >= 15 is 0 Å². The van der Waals surface area contributed by atoms with Crippen LogP contribution in [0.1, 0.15) is 98.4 Å². The first-order valence-electron chi connectivity index (χ1n) is 14.8. The van der Waals surface area contributed by atoms with Crippen molar-refractivity contribution in [3.05, 3.63) is 107 Å². The number of rotatable bonds is 3. The fraction of sp³-hybridized carbons (Fsp3) is 0.385. The summed E-state index contributed by atoms with van der Waals surface area (Å²) in [6.45, 7) is 26.1. The molecule has 0 bridgehead atoms. The smallest absolute Gasteiger partial charge is 0.0459 e. The molecule has 0 unspecified atom stereocenters. The van der Waals surface area contributed by atoms with Gasteiger partial charge < -0.3 is 4.90 Å². The minimum atomic E-state index is -0.154. The molecule has 5 rings (SSSR count). The first kappa shape index (κ1) is 28.2. The second-order valence-corrected chi connectivity index (χ2v) is 15.2. The highest BCUT2D eigenvalue weighted by Gasteiger charge is 2.42. The number of fused-ring (bicyclic) bond motifs is 3. The zero-order valence-corrected chi connectivity index (χ0v) is 26.5. The van der Waals surface area contributed by atoms with Gasteiger partial charge in [-0.1, -0.05) is 128 Å². The third-order valence-corrected chi connectivity index (χ3v) is 8.51. The summed E-state index contributed by atoms with van der Waals surface area (Å²) in [5, 5.41) is 0. The van der Waals surface area contributed by atoms with Gasteiger partial charge in [0.15, 0.2) is 0 Å². The standard InChI is InChI=1S/C39H47N/c1-36(2,3)31-23-21-27(26-17-13-12-14-18-26)25-33(31)40(38(7,8)9)32-24-22-29-28-19-15-16-20-30(28)39(10,11)34(29)35(32)37(4,5)6/h12-25H,1-11H3. The lowest BCUT2D eigenvalue weighted by atomic mass is 9.72. The van der Waals surface area contributed by atoms with Crippen molar-refractivity contribution in [3.8, 4) is 22.3 Å². The quantitative estimate of drug-likeness (QED) is 0.255. The van der Waals surface area contributed by atoms with E-state index in [-0.39, 0.29) is 21.8 Å². The average Bonchev–Trinajstić information content (AvgIpc) is 3.09. The van der Waals surface area contributed by atoms with Crippen LogP contribution in [-0.4, -0.2) is 5.54 Å². The van der Waals surface area contributed by atoms with Gasteiger partial charge in [0.25, 0.3) is 0 Å². The van der Waals surface area contributed by atoms with Crippen LogP contribution in [0.3, 0.4) is 0 Å². The largest absolute Gasteiger partial charge is 0.336 e. The first-order chi connectivity index (χ1) is 18.5.